The molecule has 1 aromatic carbocycles. The third-order valence-electron chi connectivity index (χ3n) is 4.68. The predicted molar refractivity (Wildman–Crippen MR) is 87.6 cm³/mol. The summed E-state index contributed by atoms with van der Waals surface area (Å²) in [6, 6.07) is 6.43. The highest BCUT2D eigenvalue weighted by atomic mass is 16.5. The minimum Gasteiger partial charge on any atom is -0.490 e. The van der Waals surface area contributed by atoms with Gasteiger partial charge in [0.1, 0.15) is 5.75 Å². The van der Waals surface area contributed by atoms with E-state index < -0.39 is 0 Å². The minimum absolute atomic E-state index is 0.198. The van der Waals surface area contributed by atoms with Crippen molar-refractivity contribution in [3.8, 4) is 5.75 Å². The molecule has 1 fully saturated rings. The maximum atomic E-state index is 7.30. The molecule has 0 spiro atoms. The monoisotopic (exact) mass is 302 g/mol. The van der Waals surface area contributed by atoms with Gasteiger partial charge in [-0.15, -0.1) is 0 Å². The number of fused-ring (bicyclic) bond motifs is 1. The summed E-state index contributed by atoms with van der Waals surface area (Å²) in [5, 5.41) is 7.30. The van der Waals surface area contributed by atoms with Crippen LogP contribution < -0.4 is 10.5 Å². The summed E-state index contributed by atoms with van der Waals surface area (Å²) in [5.41, 5.74) is 8.02. The van der Waals surface area contributed by atoms with Crippen LogP contribution in [-0.2, 0) is 4.74 Å². The van der Waals surface area contributed by atoms with Gasteiger partial charge < -0.3 is 15.2 Å². The Labute approximate surface area is 132 Å². The fraction of sp³-hybridized carbons (Fsp3) is 0.611. The zero-order valence-electron chi connectivity index (χ0n) is 13.3. The summed E-state index contributed by atoms with van der Waals surface area (Å²) in [6.07, 6.45) is 7.24. The first-order valence-electron chi connectivity index (χ1n) is 8.44. The summed E-state index contributed by atoms with van der Waals surface area (Å²) in [7, 11) is 0. The second kappa shape index (κ2) is 6.59. The molecule has 0 bridgehead atoms. The highest BCUT2D eigenvalue weighted by Crippen LogP contribution is 2.44. The topological polar surface area (TPSA) is 68.3 Å². The average Bonchev–Trinajstić information content (AvgIpc) is 3.34. The number of rotatable bonds is 6. The van der Waals surface area contributed by atoms with E-state index in [1.54, 1.807) is 0 Å². The standard InChI is InChI=1S/C18H26N2O2/c1-2-3-4-15-9-14(11-21-18(19)20)16-10-13(12-5-6-12)7-8-17(16)22-15/h7-8,10,12,14-15H,2-6,9,11H2,1H3,(H3,19,20)/t14-,15-/m0/s1. The zero-order valence-corrected chi connectivity index (χ0v) is 13.3. The van der Waals surface area contributed by atoms with E-state index in [1.807, 2.05) is 0 Å². The predicted octanol–water partition coefficient (Wildman–Crippen LogP) is 3.90. The van der Waals surface area contributed by atoms with E-state index in [4.69, 9.17) is 20.6 Å². The van der Waals surface area contributed by atoms with E-state index in [1.165, 1.54) is 36.8 Å². The summed E-state index contributed by atoms with van der Waals surface area (Å²) in [5.74, 6) is 2.00. The van der Waals surface area contributed by atoms with Gasteiger partial charge in [-0.3, -0.25) is 5.41 Å². The lowest BCUT2D eigenvalue weighted by atomic mass is 9.87. The molecule has 0 aromatic heterocycles. The van der Waals surface area contributed by atoms with Crippen LogP contribution in [0.1, 0.15) is 68.4 Å². The van der Waals surface area contributed by atoms with E-state index in [0.29, 0.717) is 6.61 Å². The third-order valence-corrected chi connectivity index (χ3v) is 4.68. The fourth-order valence-electron chi connectivity index (χ4n) is 3.29. The Balaban J connectivity index is 1.79. The molecular weight excluding hydrogens is 276 g/mol. The van der Waals surface area contributed by atoms with Crippen LogP contribution in [0, 0.1) is 5.41 Å². The second-order valence-corrected chi connectivity index (χ2v) is 6.56. The first-order valence-corrected chi connectivity index (χ1v) is 8.44. The molecule has 4 nitrogen and oxygen atoms in total. The number of ether oxygens (including phenoxy) is 2. The molecule has 3 rings (SSSR count). The molecule has 0 unspecified atom stereocenters. The maximum Gasteiger partial charge on any atom is 0.279 e. The maximum absolute atomic E-state index is 7.30. The van der Waals surface area contributed by atoms with Crippen LogP contribution >= 0.6 is 0 Å². The summed E-state index contributed by atoms with van der Waals surface area (Å²) >= 11 is 0. The largest absolute Gasteiger partial charge is 0.490 e. The fourth-order valence-corrected chi connectivity index (χ4v) is 3.29. The van der Waals surface area contributed by atoms with Gasteiger partial charge in [-0.1, -0.05) is 31.9 Å². The lowest BCUT2D eigenvalue weighted by molar-refractivity contribution is 0.126. The van der Waals surface area contributed by atoms with Crippen molar-refractivity contribution in [1.82, 2.24) is 0 Å². The van der Waals surface area contributed by atoms with Crippen molar-refractivity contribution in [1.29, 1.82) is 5.41 Å². The van der Waals surface area contributed by atoms with Crippen molar-refractivity contribution < 1.29 is 9.47 Å². The Morgan fingerprint density at radius 2 is 2.23 bits per heavy atom. The number of unbranched alkanes of at least 4 members (excludes halogenated alkanes) is 1. The highest BCUT2D eigenvalue weighted by Gasteiger charge is 2.31. The first kappa shape index (κ1) is 15.2. The molecule has 4 heteroatoms. The van der Waals surface area contributed by atoms with Gasteiger partial charge in [0, 0.05) is 11.5 Å². The third kappa shape index (κ3) is 3.54. The molecule has 0 radical (unpaired) electrons. The average molecular weight is 302 g/mol. The summed E-state index contributed by atoms with van der Waals surface area (Å²) < 4.78 is 11.5. The molecule has 1 heterocycles. The number of hydrogen-bond acceptors (Lipinski definition) is 3. The Morgan fingerprint density at radius 1 is 1.41 bits per heavy atom. The van der Waals surface area contributed by atoms with Crippen molar-refractivity contribution in [3.05, 3.63) is 29.3 Å². The molecule has 3 N–H and O–H groups in total. The molecular formula is C18H26N2O2. The van der Waals surface area contributed by atoms with E-state index >= 15 is 0 Å². The number of amidine groups is 1. The minimum atomic E-state index is -0.198. The van der Waals surface area contributed by atoms with Crippen molar-refractivity contribution in [2.24, 2.45) is 5.73 Å². The molecule has 0 saturated heterocycles. The van der Waals surface area contributed by atoms with Crippen molar-refractivity contribution in [3.63, 3.8) is 0 Å². The van der Waals surface area contributed by atoms with Gasteiger partial charge in [-0.2, -0.15) is 0 Å². The summed E-state index contributed by atoms with van der Waals surface area (Å²) in [4.78, 5) is 0. The molecule has 2 aliphatic rings. The van der Waals surface area contributed by atoms with Crippen molar-refractivity contribution >= 4 is 6.02 Å². The molecule has 1 saturated carbocycles. The Hall–Kier alpha value is -1.71. The van der Waals surface area contributed by atoms with Crippen LogP contribution in [0.25, 0.3) is 0 Å². The molecule has 1 aliphatic heterocycles. The normalized spacial score (nSPS) is 23.5. The number of nitrogens with two attached hydrogens (primary N) is 1. The van der Waals surface area contributed by atoms with E-state index in [-0.39, 0.29) is 18.0 Å². The zero-order chi connectivity index (χ0) is 15.5. The lowest BCUT2D eigenvalue weighted by Crippen LogP contribution is -2.29. The van der Waals surface area contributed by atoms with Crippen LogP contribution in [0.15, 0.2) is 18.2 Å². The second-order valence-electron chi connectivity index (χ2n) is 6.56. The van der Waals surface area contributed by atoms with Gasteiger partial charge in [-0.05, 0) is 43.2 Å². The number of hydrogen-bond donors (Lipinski definition) is 2. The van der Waals surface area contributed by atoms with Crippen molar-refractivity contribution in [2.75, 3.05) is 6.61 Å². The Bertz CT molecular complexity index is 540. The molecule has 22 heavy (non-hydrogen) atoms. The van der Waals surface area contributed by atoms with E-state index in [2.05, 4.69) is 25.1 Å². The van der Waals surface area contributed by atoms with Gasteiger partial charge >= 0.3 is 0 Å². The van der Waals surface area contributed by atoms with Crippen LogP contribution in [-0.4, -0.2) is 18.7 Å². The van der Waals surface area contributed by atoms with Gasteiger partial charge in [-0.25, -0.2) is 0 Å². The molecule has 120 valence electrons. The lowest BCUT2D eigenvalue weighted by Gasteiger charge is -2.32. The Morgan fingerprint density at radius 3 is 2.91 bits per heavy atom. The number of benzene rings is 1. The van der Waals surface area contributed by atoms with E-state index in [0.717, 1.165) is 24.5 Å². The Kier molecular flexibility index (Phi) is 4.55. The smallest absolute Gasteiger partial charge is 0.279 e. The number of nitrogens with one attached hydrogen (secondary N) is 1. The molecule has 2 atom stereocenters. The van der Waals surface area contributed by atoms with Crippen LogP contribution in [0.3, 0.4) is 0 Å². The van der Waals surface area contributed by atoms with E-state index in [9.17, 15) is 0 Å². The molecule has 1 aliphatic carbocycles. The van der Waals surface area contributed by atoms with Crippen LogP contribution in [0.4, 0.5) is 0 Å². The van der Waals surface area contributed by atoms with Gasteiger partial charge in [0.2, 0.25) is 0 Å². The van der Waals surface area contributed by atoms with Crippen LogP contribution in [0.2, 0.25) is 0 Å². The van der Waals surface area contributed by atoms with Gasteiger partial charge in [0.05, 0.1) is 12.7 Å². The summed E-state index contributed by atoms with van der Waals surface area (Å²) in [6.45, 7) is 2.68. The quantitative estimate of drug-likeness (QED) is 0.618. The van der Waals surface area contributed by atoms with Crippen LogP contribution in [0.5, 0.6) is 5.75 Å². The first-order chi connectivity index (χ1) is 10.7. The molecule has 0 amide bonds. The highest BCUT2D eigenvalue weighted by molar-refractivity contribution is 5.67. The van der Waals surface area contributed by atoms with Gasteiger partial charge in [0.25, 0.3) is 6.02 Å². The SMILES string of the molecule is CCCC[C@H]1C[C@@H](COC(=N)N)c2cc(C3CC3)ccc2O1. The van der Waals surface area contributed by atoms with Gasteiger partial charge in [0.15, 0.2) is 0 Å². The van der Waals surface area contributed by atoms with Crippen molar-refractivity contribution in [2.45, 2.75) is 63.4 Å². The molecule has 1 aromatic rings.